The highest BCUT2D eigenvalue weighted by molar-refractivity contribution is 6.00. The van der Waals surface area contributed by atoms with Crippen LogP contribution in [0.25, 0.3) is 0 Å². The van der Waals surface area contributed by atoms with Crippen molar-refractivity contribution < 1.29 is 28.9 Å². The molecule has 0 fully saturated rings. The lowest BCUT2D eigenvalue weighted by atomic mass is 9.77. The summed E-state index contributed by atoms with van der Waals surface area (Å²) >= 11 is 0. The molecule has 0 spiro atoms. The Labute approximate surface area is 183 Å². The number of nitrogens with one attached hydrogen (secondary N) is 2. The molecule has 9 nitrogen and oxygen atoms in total. The zero-order valence-electron chi connectivity index (χ0n) is 17.8. The highest BCUT2D eigenvalue weighted by Crippen LogP contribution is 2.37. The predicted octanol–water partition coefficient (Wildman–Crippen LogP) is -0.411. The summed E-state index contributed by atoms with van der Waals surface area (Å²) in [6.45, 7) is 3.89. The Kier molecular flexibility index (Phi) is 11.8. The van der Waals surface area contributed by atoms with Gasteiger partial charge in [-0.15, -0.1) is 0 Å². The van der Waals surface area contributed by atoms with Crippen LogP contribution in [0.1, 0.15) is 6.42 Å². The van der Waals surface area contributed by atoms with Crippen molar-refractivity contribution in [3.05, 3.63) is 46.7 Å². The van der Waals surface area contributed by atoms with Gasteiger partial charge in [0.25, 0.3) is 5.91 Å². The minimum absolute atomic E-state index is 0.0139. The minimum Gasteiger partial charge on any atom is -0.394 e. The molecule has 1 atom stereocenters. The van der Waals surface area contributed by atoms with Crippen molar-refractivity contribution in [3.8, 4) is 0 Å². The molecule has 9 heteroatoms. The van der Waals surface area contributed by atoms with Gasteiger partial charge in [-0.05, 0) is 24.1 Å². The molecular formula is C22H33N3O6. The summed E-state index contributed by atoms with van der Waals surface area (Å²) in [6, 6.07) is 0. The Morgan fingerprint density at radius 3 is 2.58 bits per heavy atom. The summed E-state index contributed by atoms with van der Waals surface area (Å²) in [7, 11) is 0. The molecule has 2 rings (SSSR count). The summed E-state index contributed by atoms with van der Waals surface area (Å²) in [5, 5.41) is 14.9. The first-order valence-corrected chi connectivity index (χ1v) is 10.6. The van der Waals surface area contributed by atoms with Crippen LogP contribution in [0.3, 0.4) is 0 Å². The smallest absolute Gasteiger partial charge is 0.251 e. The number of nitrogens with two attached hydrogens (primary N) is 1. The summed E-state index contributed by atoms with van der Waals surface area (Å²) < 4.78 is 15.9. The second kappa shape index (κ2) is 14.7. The molecule has 1 unspecified atom stereocenters. The third kappa shape index (κ3) is 8.04. The number of ether oxygens (including phenoxy) is 3. The van der Waals surface area contributed by atoms with Gasteiger partial charge in [-0.1, -0.05) is 12.2 Å². The van der Waals surface area contributed by atoms with Crippen LogP contribution in [-0.2, 0) is 23.8 Å². The highest BCUT2D eigenvalue weighted by atomic mass is 16.5. The lowest BCUT2D eigenvalue weighted by Crippen LogP contribution is -2.33. The molecule has 0 bridgehead atoms. The monoisotopic (exact) mass is 435 g/mol. The Balaban J connectivity index is 1.92. The van der Waals surface area contributed by atoms with Gasteiger partial charge in [0.15, 0.2) is 0 Å². The zero-order valence-corrected chi connectivity index (χ0v) is 17.8. The van der Waals surface area contributed by atoms with Crippen LogP contribution in [0.15, 0.2) is 46.7 Å². The average molecular weight is 436 g/mol. The Bertz CT molecular complexity index is 714. The van der Waals surface area contributed by atoms with Crippen molar-refractivity contribution in [2.75, 3.05) is 65.9 Å². The fourth-order valence-electron chi connectivity index (χ4n) is 3.40. The molecule has 172 valence electrons. The molecule has 0 radical (unpaired) electrons. The predicted molar refractivity (Wildman–Crippen MR) is 116 cm³/mol. The van der Waals surface area contributed by atoms with Crippen molar-refractivity contribution in [1.82, 2.24) is 10.6 Å². The van der Waals surface area contributed by atoms with Crippen LogP contribution in [0.4, 0.5) is 0 Å². The minimum atomic E-state index is -0.237. The number of carbonyl (C=O) groups is 2. The van der Waals surface area contributed by atoms with E-state index in [2.05, 4.69) is 10.6 Å². The second-order valence-corrected chi connectivity index (χ2v) is 6.91. The third-order valence-electron chi connectivity index (χ3n) is 4.77. The van der Waals surface area contributed by atoms with E-state index in [0.717, 1.165) is 17.6 Å². The summed E-state index contributed by atoms with van der Waals surface area (Å²) in [5.41, 5.74) is 8.00. The number of fused-ring (bicyclic) bond motifs is 1. The maximum atomic E-state index is 12.8. The van der Waals surface area contributed by atoms with Gasteiger partial charge >= 0.3 is 0 Å². The fourth-order valence-corrected chi connectivity index (χ4v) is 3.40. The quantitative estimate of drug-likeness (QED) is 0.190. The number of aliphatic hydroxyl groups excluding tert-OH is 1. The molecule has 0 aromatic heterocycles. The lowest BCUT2D eigenvalue weighted by Gasteiger charge is -2.30. The van der Waals surface area contributed by atoms with E-state index in [1.54, 1.807) is 12.2 Å². The zero-order chi connectivity index (χ0) is 22.3. The number of amides is 1. The Hall–Kier alpha value is -2.30. The second-order valence-electron chi connectivity index (χ2n) is 6.91. The average Bonchev–Trinajstić information content (AvgIpc) is 2.80. The van der Waals surface area contributed by atoms with Crippen LogP contribution in [0.5, 0.6) is 0 Å². The van der Waals surface area contributed by atoms with E-state index in [1.807, 2.05) is 12.2 Å². The van der Waals surface area contributed by atoms with Gasteiger partial charge in [-0.2, -0.15) is 0 Å². The van der Waals surface area contributed by atoms with E-state index < -0.39 is 0 Å². The fraction of sp³-hybridized carbons (Fsp3) is 0.545. The number of rotatable bonds is 16. The number of aldehydes is 1. The largest absolute Gasteiger partial charge is 0.394 e. The maximum Gasteiger partial charge on any atom is 0.251 e. The molecule has 0 aliphatic heterocycles. The first-order valence-electron chi connectivity index (χ1n) is 10.6. The topological polar surface area (TPSA) is 132 Å². The molecule has 0 saturated heterocycles. The normalized spacial score (nSPS) is 17.7. The van der Waals surface area contributed by atoms with Gasteiger partial charge in [0.05, 0.1) is 46.2 Å². The van der Waals surface area contributed by atoms with Gasteiger partial charge in [-0.3, -0.25) is 9.59 Å². The molecule has 0 heterocycles. The van der Waals surface area contributed by atoms with Gasteiger partial charge in [0.1, 0.15) is 6.29 Å². The van der Waals surface area contributed by atoms with Crippen molar-refractivity contribution >= 4 is 12.2 Å². The van der Waals surface area contributed by atoms with Gasteiger partial charge in [-0.25, -0.2) is 0 Å². The first kappa shape index (κ1) is 25.0. The third-order valence-corrected chi connectivity index (χ3v) is 4.77. The van der Waals surface area contributed by atoms with Crippen molar-refractivity contribution in [1.29, 1.82) is 0 Å². The van der Waals surface area contributed by atoms with Gasteiger partial charge in [0, 0.05) is 42.4 Å². The number of allylic oxidation sites excluding steroid dienone is 5. The molecule has 5 N–H and O–H groups in total. The number of hydrogen-bond donors (Lipinski definition) is 4. The van der Waals surface area contributed by atoms with Gasteiger partial charge < -0.3 is 35.7 Å². The van der Waals surface area contributed by atoms with E-state index in [1.165, 1.54) is 0 Å². The van der Waals surface area contributed by atoms with E-state index in [-0.39, 0.29) is 18.4 Å². The van der Waals surface area contributed by atoms with E-state index >= 15 is 0 Å². The first-order chi connectivity index (χ1) is 15.2. The molecule has 0 aromatic rings. The van der Waals surface area contributed by atoms with E-state index in [4.69, 9.17) is 25.1 Å². The standard InChI is InChI=1S/C22H33N3O6/c23-6-10-29-14-15-31-12-8-25-22(28)19-3-1-2-18-20(24-7-11-30-13-9-26)5-4-17(16-27)21(18)19/h1,3-5,16,18,24,26H,2,6-15,23H2,(H,25,28). The number of aliphatic hydroxyl groups is 1. The molecule has 31 heavy (non-hydrogen) atoms. The molecule has 0 aromatic carbocycles. The Morgan fingerprint density at radius 2 is 1.84 bits per heavy atom. The summed E-state index contributed by atoms with van der Waals surface area (Å²) in [4.78, 5) is 24.4. The SMILES string of the molecule is NCCOCCOCCNC(=O)C1=C2C(C=O)=CC=C(NCCOCCO)C2CC=C1. The molecule has 0 saturated carbocycles. The van der Waals surface area contributed by atoms with Gasteiger partial charge in [0.2, 0.25) is 0 Å². The van der Waals surface area contributed by atoms with E-state index in [0.29, 0.717) is 76.8 Å². The van der Waals surface area contributed by atoms with Crippen molar-refractivity contribution in [2.45, 2.75) is 6.42 Å². The molecular weight excluding hydrogens is 402 g/mol. The van der Waals surface area contributed by atoms with Crippen LogP contribution in [0, 0.1) is 5.92 Å². The Morgan fingerprint density at radius 1 is 1.10 bits per heavy atom. The molecule has 2 aliphatic rings. The number of carbonyl (C=O) groups excluding carboxylic acids is 2. The summed E-state index contributed by atoms with van der Waals surface area (Å²) in [5.74, 6) is -0.330. The number of hydrogen-bond acceptors (Lipinski definition) is 8. The summed E-state index contributed by atoms with van der Waals surface area (Å²) in [6.07, 6.45) is 8.80. The lowest BCUT2D eigenvalue weighted by molar-refractivity contribution is -0.117. The molecule has 1 amide bonds. The van der Waals surface area contributed by atoms with E-state index in [9.17, 15) is 9.59 Å². The highest BCUT2D eigenvalue weighted by Gasteiger charge is 2.30. The van der Waals surface area contributed by atoms with Crippen molar-refractivity contribution in [3.63, 3.8) is 0 Å². The van der Waals surface area contributed by atoms with Crippen LogP contribution < -0.4 is 16.4 Å². The van der Waals surface area contributed by atoms with Crippen LogP contribution in [0.2, 0.25) is 0 Å². The maximum absolute atomic E-state index is 12.8. The van der Waals surface area contributed by atoms with Crippen LogP contribution >= 0.6 is 0 Å². The van der Waals surface area contributed by atoms with Crippen LogP contribution in [-0.4, -0.2) is 83.2 Å². The van der Waals surface area contributed by atoms with Crippen molar-refractivity contribution in [2.24, 2.45) is 11.7 Å². The molecule has 2 aliphatic carbocycles.